The molecular formula is C14H28IN7O2S. The molecule has 1 fully saturated rings. The summed E-state index contributed by atoms with van der Waals surface area (Å²) >= 11 is 0. The topological polar surface area (TPSA) is 115 Å². The zero-order valence-corrected chi connectivity index (χ0v) is 18.3. The maximum Gasteiger partial charge on any atom is 0.209 e. The molecule has 0 saturated carbocycles. The standard InChI is InChI=1S/C14H27N7O2S.HI/c1-14(2,20-24(4,22)23)9-16-13(15-3)21-7-5-11(6-8-21)12-17-10-18-19-12;/h10-11,20H,5-9H2,1-4H3,(H,15,16)(H,17,18,19);1H. The molecule has 0 aliphatic carbocycles. The van der Waals surface area contributed by atoms with Gasteiger partial charge in [0.05, 0.1) is 6.26 Å². The number of halogens is 1. The van der Waals surface area contributed by atoms with E-state index in [0.717, 1.165) is 44.0 Å². The maximum absolute atomic E-state index is 11.4. The largest absolute Gasteiger partial charge is 0.354 e. The molecule has 11 heteroatoms. The molecule has 25 heavy (non-hydrogen) atoms. The molecule has 0 atom stereocenters. The number of piperidine rings is 1. The summed E-state index contributed by atoms with van der Waals surface area (Å²) in [4.78, 5) is 10.7. The zero-order valence-electron chi connectivity index (χ0n) is 15.1. The van der Waals surface area contributed by atoms with Crippen molar-refractivity contribution in [3.05, 3.63) is 12.2 Å². The van der Waals surface area contributed by atoms with Crippen LogP contribution in [0.5, 0.6) is 0 Å². The van der Waals surface area contributed by atoms with Gasteiger partial charge in [0.1, 0.15) is 12.2 Å². The Morgan fingerprint density at radius 1 is 1.44 bits per heavy atom. The molecule has 0 aromatic carbocycles. The summed E-state index contributed by atoms with van der Waals surface area (Å²) in [5, 5.41) is 10.1. The van der Waals surface area contributed by atoms with Crippen LogP contribution in [0.25, 0.3) is 0 Å². The summed E-state index contributed by atoms with van der Waals surface area (Å²) in [5.74, 6) is 2.12. The lowest BCUT2D eigenvalue weighted by molar-refractivity contribution is 0.296. The van der Waals surface area contributed by atoms with Crippen LogP contribution in [0.1, 0.15) is 38.4 Å². The number of H-pyrrole nitrogens is 1. The van der Waals surface area contributed by atoms with Crippen LogP contribution in [0, 0.1) is 0 Å². The second-order valence-corrected chi connectivity index (χ2v) is 8.54. The van der Waals surface area contributed by atoms with Gasteiger partial charge in [0.15, 0.2) is 5.96 Å². The molecule has 9 nitrogen and oxygen atoms in total. The predicted octanol–water partition coefficient (Wildman–Crippen LogP) is 0.505. The molecular weight excluding hydrogens is 457 g/mol. The average molecular weight is 485 g/mol. The van der Waals surface area contributed by atoms with Crippen LogP contribution in [0.2, 0.25) is 0 Å². The van der Waals surface area contributed by atoms with E-state index in [4.69, 9.17) is 0 Å². The van der Waals surface area contributed by atoms with E-state index in [-0.39, 0.29) is 24.0 Å². The number of hydrogen-bond acceptors (Lipinski definition) is 5. The maximum atomic E-state index is 11.4. The Labute approximate surface area is 166 Å². The van der Waals surface area contributed by atoms with Crippen LogP contribution in [0.15, 0.2) is 11.3 Å². The lowest BCUT2D eigenvalue weighted by Crippen LogP contribution is -2.54. The van der Waals surface area contributed by atoms with Gasteiger partial charge in [0, 0.05) is 38.1 Å². The number of likely N-dealkylation sites (tertiary alicyclic amines) is 1. The van der Waals surface area contributed by atoms with E-state index < -0.39 is 15.6 Å². The molecule has 0 spiro atoms. The van der Waals surface area contributed by atoms with E-state index in [9.17, 15) is 8.42 Å². The molecule has 0 unspecified atom stereocenters. The van der Waals surface area contributed by atoms with Crippen LogP contribution in [0.4, 0.5) is 0 Å². The fourth-order valence-electron chi connectivity index (χ4n) is 2.95. The molecule has 3 N–H and O–H groups in total. The molecule has 1 aromatic heterocycles. The minimum atomic E-state index is -3.25. The minimum absolute atomic E-state index is 0. The highest BCUT2D eigenvalue weighted by Gasteiger charge is 2.26. The van der Waals surface area contributed by atoms with Gasteiger partial charge in [-0.3, -0.25) is 10.1 Å². The van der Waals surface area contributed by atoms with Crippen molar-refractivity contribution in [2.24, 2.45) is 4.99 Å². The van der Waals surface area contributed by atoms with E-state index in [2.05, 4.69) is 35.1 Å². The summed E-state index contributed by atoms with van der Waals surface area (Å²) in [6.45, 7) is 5.86. The summed E-state index contributed by atoms with van der Waals surface area (Å²) in [6.07, 6.45) is 4.65. The Kier molecular flexibility index (Phi) is 8.06. The third-order valence-corrected chi connectivity index (χ3v) is 4.90. The van der Waals surface area contributed by atoms with Crippen molar-refractivity contribution in [2.75, 3.05) is 32.9 Å². The van der Waals surface area contributed by atoms with E-state index >= 15 is 0 Å². The highest BCUT2D eigenvalue weighted by Crippen LogP contribution is 2.24. The molecule has 1 saturated heterocycles. The summed E-state index contributed by atoms with van der Waals surface area (Å²) in [5.41, 5.74) is -0.596. The Morgan fingerprint density at radius 2 is 2.08 bits per heavy atom. The lowest BCUT2D eigenvalue weighted by atomic mass is 9.96. The molecule has 144 valence electrons. The zero-order chi connectivity index (χ0) is 17.8. The molecule has 0 bridgehead atoms. The third kappa shape index (κ3) is 7.05. The smallest absolute Gasteiger partial charge is 0.209 e. The molecule has 0 amide bonds. The molecule has 1 aliphatic rings. The van der Waals surface area contributed by atoms with E-state index in [1.165, 1.54) is 0 Å². The van der Waals surface area contributed by atoms with Crippen LogP contribution < -0.4 is 10.0 Å². The number of aliphatic imine (C=N–C) groups is 1. The first-order valence-corrected chi connectivity index (χ1v) is 9.89. The Bertz CT molecular complexity index is 653. The van der Waals surface area contributed by atoms with Gasteiger partial charge >= 0.3 is 0 Å². The number of rotatable bonds is 5. The first-order valence-electron chi connectivity index (χ1n) is 8.00. The Balaban J connectivity index is 0.00000312. The number of aromatic nitrogens is 3. The first-order chi connectivity index (χ1) is 11.2. The van der Waals surface area contributed by atoms with Crippen LogP contribution in [-0.4, -0.2) is 72.9 Å². The van der Waals surface area contributed by atoms with Gasteiger partial charge in [-0.25, -0.2) is 18.1 Å². The monoisotopic (exact) mass is 485 g/mol. The van der Waals surface area contributed by atoms with Gasteiger partial charge in [0.25, 0.3) is 0 Å². The summed E-state index contributed by atoms with van der Waals surface area (Å²) in [7, 11) is -1.52. The fourth-order valence-corrected chi connectivity index (χ4v) is 4.02. The molecule has 2 rings (SSSR count). The van der Waals surface area contributed by atoms with Crippen LogP contribution in [0.3, 0.4) is 0 Å². The van der Waals surface area contributed by atoms with Gasteiger partial charge in [-0.2, -0.15) is 5.10 Å². The molecule has 1 aliphatic heterocycles. The number of guanidine groups is 1. The first kappa shape index (κ1) is 22.1. The normalized spacial score (nSPS) is 17.3. The second-order valence-electron chi connectivity index (χ2n) is 6.79. The van der Waals surface area contributed by atoms with Crippen LogP contribution >= 0.6 is 24.0 Å². The number of sulfonamides is 1. The predicted molar refractivity (Wildman–Crippen MR) is 109 cm³/mol. The van der Waals surface area contributed by atoms with Gasteiger partial charge in [-0.15, -0.1) is 24.0 Å². The van der Waals surface area contributed by atoms with E-state index in [1.807, 2.05) is 13.8 Å². The Hall–Kier alpha value is -0.950. The minimum Gasteiger partial charge on any atom is -0.354 e. The van der Waals surface area contributed by atoms with Gasteiger partial charge in [-0.05, 0) is 26.7 Å². The highest BCUT2D eigenvalue weighted by molar-refractivity contribution is 14.0. The van der Waals surface area contributed by atoms with Gasteiger partial charge in [0.2, 0.25) is 10.0 Å². The summed E-state index contributed by atoms with van der Waals surface area (Å²) in [6, 6.07) is 0. The fraction of sp³-hybridized carbons (Fsp3) is 0.786. The quantitative estimate of drug-likeness (QED) is 0.318. The van der Waals surface area contributed by atoms with Crippen molar-refractivity contribution in [1.29, 1.82) is 0 Å². The molecule has 0 radical (unpaired) electrons. The lowest BCUT2D eigenvalue weighted by Gasteiger charge is -2.35. The van der Waals surface area contributed by atoms with Crippen LogP contribution in [-0.2, 0) is 10.0 Å². The second kappa shape index (κ2) is 9.12. The van der Waals surface area contributed by atoms with Crippen molar-refractivity contribution in [3.8, 4) is 0 Å². The average Bonchev–Trinajstić information content (AvgIpc) is 3.00. The highest BCUT2D eigenvalue weighted by atomic mass is 127. The van der Waals surface area contributed by atoms with Gasteiger partial charge < -0.3 is 10.2 Å². The van der Waals surface area contributed by atoms with Crippen molar-refractivity contribution < 1.29 is 8.42 Å². The molecule has 2 heterocycles. The SMILES string of the molecule is CN=C(NCC(C)(C)NS(C)(=O)=O)N1CCC(c2ncn[nH]2)CC1.I. The van der Waals surface area contributed by atoms with Crippen molar-refractivity contribution in [2.45, 2.75) is 38.1 Å². The number of aromatic amines is 1. The number of nitrogens with zero attached hydrogens (tertiary/aromatic N) is 4. The number of hydrogen-bond donors (Lipinski definition) is 3. The van der Waals surface area contributed by atoms with E-state index in [1.54, 1.807) is 13.4 Å². The van der Waals surface area contributed by atoms with Crippen molar-refractivity contribution >= 4 is 40.0 Å². The van der Waals surface area contributed by atoms with Gasteiger partial charge in [-0.1, -0.05) is 0 Å². The third-order valence-electron chi connectivity index (χ3n) is 3.98. The van der Waals surface area contributed by atoms with E-state index in [0.29, 0.717) is 12.5 Å². The Morgan fingerprint density at radius 3 is 2.56 bits per heavy atom. The molecule has 1 aromatic rings. The van der Waals surface area contributed by atoms with Crippen molar-refractivity contribution in [3.63, 3.8) is 0 Å². The number of nitrogens with one attached hydrogen (secondary N) is 3. The van der Waals surface area contributed by atoms with Crippen molar-refractivity contribution in [1.82, 2.24) is 30.1 Å². The summed E-state index contributed by atoms with van der Waals surface area (Å²) < 4.78 is 25.5.